The van der Waals surface area contributed by atoms with Crippen molar-refractivity contribution in [3.8, 4) is 22.6 Å². The molecule has 0 saturated heterocycles. The molecule has 0 saturated carbocycles. The summed E-state index contributed by atoms with van der Waals surface area (Å²) in [6.07, 6.45) is -2.84. The van der Waals surface area contributed by atoms with Gasteiger partial charge >= 0.3 is 6.18 Å². The van der Waals surface area contributed by atoms with Crippen LogP contribution in [0.3, 0.4) is 0 Å². The van der Waals surface area contributed by atoms with Gasteiger partial charge in [-0.05, 0) is 24.3 Å². The second-order valence-corrected chi connectivity index (χ2v) is 7.07. The third-order valence-corrected chi connectivity index (χ3v) is 4.78. The van der Waals surface area contributed by atoms with Crippen LogP contribution in [0.1, 0.15) is 5.69 Å². The monoisotopic (exact) mass is 444 g/mol. The SMILES string of the molecule is Cn1cc(-c2ccc3nc(NC(=O)[C@H]4COc5ccccc5O4)nn3c2)c(C(F)(F)F)n1. The molecule has 4 heterocycles. The minimum atomic E-state index is -4.60. The molecule has 9 nitrogen and oxygen atoms in total. The summed E-state index contributed by atoms with van der Waals surface area (Å²) >= 11 is 0. The molecule has 0 bridgehead atoms. The molecule has 4 aromatic rings. The fourth-order valence-electron chi connectivity index (χ4n) is 3.34. The highest BCUT2D eigenvalue weighted by Gasteiger charge is 2.37. The van der Waals surface area contributed by atoms with Crippen molar-refractivity contribution in [2.75, 3.05) is 11.9 Å². The van der Waals surface area contributed by atoms with Crippen LogP contribution >= 0.6 is 0 Å². The number of nitrogens with one attached hydrogen (secondary N) is 1. The molecule has 0 aliphatic carbocycles. The number of rotatable bonds is 3. The zero-order valence-electron chi connectivity index (χ0n) is 16.5. The van der Waals surface area contributed by atoms with E-state index >= 15 is 0 Å². The Balaban J connectivity index is 1.38. The normalized spacial score (nSPS) is 15.7. The van der Waals surface area contributed by atoms with Crippen molar-refractivity contribution in [2.24, 2.45) is 7.05 Å². The smallest absolute Gasteiger partial charge is 0.435 e. The number of pyridine rings is 1. The van der Waals surface area contributed by atoms with Crippen molar-refractivity contribution in [2.45, 2.75) is 12.3 Å². The molecule has 0 unspecified atom stereocenters. The molecule has 1 amide bonds. The zero-order chi connectivity index (χ0) is 22.5. The van der Waals surface area contributed by atoms with E-state index in [1.807, 2.05) is 0 Å². The summed E-state index contributed by atoms with van der Waals surface area (Å²) in [5.74, 6) is 0.464. The summed E-state index contributed by atoms with van der Waals surface area (Å²) in [4.78, 5) is 16.7. The van der Waals surface area contributed by atoms with Gasteiger partial charge in [-0.1, -0.05) is 12.1 Å². The highest BCUT2D eigenvalue weighted by molar-refractivity contribution is 5.93. The number of amides is 1. The fourth-order valence-corrected chi connectivity index (χ4v) is 3.34. The number of fused-ring (bicyclic) bond motifs is 2. The maximum absolute atomic E-state index is 13.3. The Bertz CT molecular complexity index is 1330. The molecule has 0 spiro atoms. The van der Waals surface area contributed by atoms with E-state index in [1.165, 1.54) is 36.1 Å². The van der Waals surface area contributed by atoms with Crippen LogP contribution in [0.25, 0.3) is 16.8 Å². The second kappa shape index (κ2) is 7.25. The van der Waals surface area contributed by atoms with Gasteiger partial charge < -0.3 is 9.47 Å². The number of halogens is 3. The van der Waals surface area contributed by atoms with E-state index in [1.54, 1.807) is 24.3 Å². The van der Waals surface area contributed by atoms with Gasteiger partial charge in [-0.15, -0.1) is 5.10 Å². The Hall–Kier alpha value is -4.09. The highest BCUT2D eigenvalue weighted by Crippen LogP contribution is 2.36. The molecule has 1 aliphatic rings. The summed E-state index contributed by atoms with van der Waals surface area (Å²) in [5, 5.41) is 10.2. The Labute approximate surface area is 178 Å². The lowest BCUT2D eigenvalue weighted by Gasteiger charge is -2.25. The molecule has 0 fully saturated rings. The molecule has 0 radical (unpaired) electrons. The number of alkyl halides is 3. The number of carbonyl (C=O) groups is 1. The summed E-state index contributed by atoms with van der Waals surface area (Å²) in [6, 6.07) is 9.96. The van der Waals surface area contributed by atoms with E-state index in [2.05, 4.69) is 20.5 Å². The molecule has 32 heavy (non-hydrogen) atoms. The average Bonchev–Trinajstić information content (AvgIpc) is 3.35. The van der Waals surface area contributed by atoms with Crippen molar-refractivity contribution in [1.29, 1.82) is 0 Å². The van der Waals surface area contributed by atoms with Crippen molar-refractivity contribution < 1.29 is 27.4 Å². The van der Waals surface area contributed by atoms with Gasteiger partial charge in [-0.3, -0.25) is 14.8 Å². The Kier molecular flexibility index (Phi) is 4.50. The molecule has 3 aromatic heterocycles. The first-order chi connectivity index (χ1) is 15.3. The van der Waals surface area contributed by atoms with Gasteiger partial charge in [-0.25, -0.2) is 4.52 Å². The van der Waals surface area contributed by atoms with Crippen molar-refractivity contribution >= 4 is 17.5 Å². The Morgan fingerprint density at radius 1 is 1.12 bits per heavy atom. The molecule has 164 valence electrons. The van der Waals surface area contributed by atoms with Gasteiger partial charge in [0.2, 0.25) is 12.1 Å². The summed E-state index contributed by atoms with van der Waals surface area (Å²) in [6.45, 7) is 0.0155. The van der Waals surface area contributed by atoms with Crippen LogP contribution < -0.4 is 14.8 Å². The zero-order valence-corrected chi connectivity index (χ0v) is 16.5. The lowest BCUT2D eigenvalue weighted by molar-refractivity contribution is -0.141. The summed E-state index contributed by atoms with van der Waals surface area (Å²) in [5.41, 5.74) is -0.494. The number of ether oxygens (including phenoxy) is 2. The van der Waals surface area contributed by atoms with Crippen molar-refractivity contribution in [3.63, 3.8) is 0 Å². The molecule has 1 aromatic carbocycles. The maximum atomic E-state index is 13.3. The molecule has 1 aliphatic heterocycles. The Morgan fingerprint density at radius 3 is 2.69 bits per heavy atom. The predicted octanol–water partition coefficient (Wildman–Crippen LogP) is 2.93. The standard InChI is InChI=1S/C20H15F3N6O3/c1-28-9-12(17(26-28)20(21,22)23)11-6-7-16-24-19(27-29(16)8-11)25-18(30)15-10-31-13-4-2-3-5-14(13)32-15/h2-9,15H,10H2,1H3,(H,25,27,30)/t15-/m1/s1. The number of hydrogen-bond acceptors (Lipinski definition) is 6. The van der Waals surface area contributed by atoms with Gasteiger partial charge in [0.1, 0.15) is 6.61 Å². The first-order valence-electron chi connectivity index (χ1n) is 9.45. The third kappa shape index (κ3) is 3.59. The van der Waals surface area contributed by atoms with Crippen molar-refractivity contribution in [1.82, 2.24) is 24.4 Å². The van der Waals surface area contributed by atoms with Crippen LogP contribution in [-0.4, -0.2) is 43.0 Å². The lowest BCUT2D eigenvalue weighted by Crippen LogP contribution is -2.40. The summed E-state index contributed by atoms with van der Waals surface area (Å²) < 4.78 is 53.5. The van der Waals surface area contributed by atoms with Gasteiger partial charge in [0.05, 0.1) is 0 Å². The fraction of sp³-hybridized carbons (Fsp3) is 0.200. The number of anilines is 1. The van der Waals surface area contributed by atoms with Gasteiger partial charge in [0, 0.05) is 30.6 Å². The molecule has 5 rings (SSSR count). The van der Waals surface area contributed by atoms with Gasteiger partial charge in [-0.2, -0.15) is 23.3 Å². The van der Waals surface area contributed by atoms with Gasteiger partial charge in [0.15, 0.2) is 22.8 Å². The van der Waals surface area contributed by atoms with E-state index in [0.717, 1.165) is 4.68 Å². The number of aromatic nitrogens is 5. The summed E-state index contributed by atoms with van der Waals surface area (Å²) in [7, 11) is 1.41. The highest BCUT2D eigenvalue weighted by atomic mass is 19.4. The van der Waals surface area contributed by atoms with Crippen LogP contribution in [-0.2, 0) is 18.0 Å². The first-order valence-corrected chi connectivity index (χ1v) is 9.45. The number of nitrogens with zero attached hydrogens (tertiary/aromatic N) is 5. The van der Waals surface area contributed by atoms with E-state index in [0.29, 0.717) is 17.1 Å². The molecule has 1 atom stereocenters. The maximum Gasteiger partial charge on any atom is 0.435 e. The van der Waals surface area contributed by atoms with Crippen molar-refractivity contribution in [3.05, 3.63) is 54.5 Å². The minimum absolute atomic E-state index is 0.0155. The van der Waals surface area contributed by atoms with Crippen LogP contribution in [0.15, 0.2) is 48.8 Å². The van der Waals surface area contributed by atoms with Crippen LogP contribution in [0, 0.1) is 0 Å². The third-order valence-electron chi connectivity index (χ3n) is 4.78. The van der Waals surface area contributed by atoms with Crippen LogP contribution in [0.2, 0.25) is 0 Å². The number of carbonyl (C=O) groups excluding carboxylic acids is 1. The number of para-hydroxylation sites is 2. The van der Waals surface area contributed by atoms with Crippen LogP contribution in [0.5, 0.6) is 11.5 Å². The minimum Gasteiger partial charge on any atom is -0.485 e. The van der Waals surface area contributed by atoms with Crippen LogP contribution in [0.4, 0.5) is 19.1 Å². The van der Waals surface area contributed by atoms with E-state index in [9.17, 15) is 18.0 Å². The number of benzene rings is 1. The first kappa shape index (κ1) is 19.8. The second-order valence-electron chi connectivity index (χ2n) is 7.07. The number of aryl methyl sites for hydroxylation is 1. The van der Waals surface area contributed by atoms with E-state index < -0.39 is 23.9 Å². The average molecular weight is 444 g/mol. The quantitative estimate of drug-likeness (QED) is 0.522. The molecular formula is C20H15F3N6O3. The molecule has 1 N–H and O–H groups in total. The lowest BCUT2D eigenvalue weighted by atomic mass is 10.1. The van der Waals surface area contributed by atoms with E-state index in [-0.39, 0.29) is 23.7 Å². The Morgan fingerprint density at radius 2 is 1.91 bits per heavy atom. The predicted molar refractivity (Wildman–Crippen MR) is 105 cm³/mol. The van der Waals surface area contributed by atoms with E-state index in [4.69, 9.17) is 9.47 Å². The topological polar surface area (TPSA) is 95.6 Å². The largest absolute Gasteiger partial charge is 0.485 e. The molecule has 12 heteroatoms. The van der Waals surface area contributed by atoms with Gasteiger partial charge in [0.25, 0.3) is 5.91 Å². The molecular weight excluding hydrogens is 429 g/mol. The number of hydrogen-bond donors (Lipinski definition) is 1.